The van der Waals surface area contributed by atoms with Crippen LogP contribution in [0.4, 0.5) is 21.0 Å². The minimum atomic E-state index is -1.46. The number of benzene rings is 2. The molecule has 14 nitrogen and oxygen atoms in total. The summed E-state index contributed by atoms with van der Waals surface area (Å²) in [6, 6.07) is 15.1. The summed E-state index contributed by atoms with van der Waals surface area (Å²) in [4.78, 5) is 73.8. The third-order valence-electron chi connectivity index (χ3n) is 7.92. The second-order valence-corrected chi connectivity index (χ2v) is 14.0. The number of carboxylic acid groups (broad SMARTS) is 1. The normalized spacial score (nSPS) is 15.7. The summed E-state index contributed by atoms with van der Waals surface area (Å²) in [7, 11) is 1.25. The highest BCUT2D eigenvalue weighted by Gasteiger charge is 2.50. The zero-order valence-corrected chi connectivity index (χ0v) is 30.1. The van der Waals surface area contributed by atoms with Crippen LogP contribution in [0.3, 0.4) is 0 Å². The molecule has 1 atom stereocenters. The smallest absolute Gasteiger partial charge is 0.437 e. The maximum atomic E-state index is 13.8. The van der Waals surface area contributed by atoms with Crippen LogP contribution in [0.1, 0.15) is 79.2 Å². The van der Waals surface area contributed by atoms with Gasteiger partial charge in [0.25, 0.3) is 0 Å². The van der Waals surface area contributed by atoms with E-state index in [2.05, 4.69) is 4.99 Å². The first-order valence-electron chi connectivity index (χ1n) is 16.4. The fraction of sp³-hybridized carbons (Fsp3) is 0.500. The Kier molecular flexibility index (Phi) is 12.7. The Bertz CT molecular complexity index is 1570. The topological polar surface area (TPSA) is 181 Å². The molecule has 1 aliphatic rings. The molecule has 272 valence electrons. The molecule has 1 saturated heterocycles. The van der Waals surface area contributed by atoms with E-state index >= 15 is 0 Å². The SMILES string of the molecule is CCC(=O)N(c1cccc(N(C(=O)OC(C)(C)C)C(N)=NC(=O)OC(C)(C)C)c1)C1(C(=O)OC)CCN(CC(C(=O)O)c2ccccc2)CC1. The summed E-state index contributed by atoms with van der Waals surface area (Å²) < 4.78 is 16.1. The standard InChI is InChI=1S/C36H49N5O9/c1-9-28(42)41(36(30(45)48-8)18-20-39(21-19-36)23-27(29(43)44)24-14-11-10-12-15-24)26-17-13-16-25(22-26)40(33(47)50-35(5,6)7)31(37)38-32(46)49-34(2,3)4/h10-17,22,27H,9,18-21,23H2,1-8H3,(H,43,44)(H2,37,38,46). The van der Waals surface area contributed by atoms with Crippen molar-refractivity contribution in [2.75, 3.05) is 36.5 Å². The van der Waals surface area contributed by atoms with Crippen molar-refractivity contribution in [3.05, 3.63) is 60.2 Å². The molecule has 50 heavy (non-hydrogen) atoms. The van der Waals surface area contributed by atoms with Crippen LogP contribution in [-0.2, 0) is 28.6 Å². The average molecular weight is 696 g/mol. The molecule has 0 saturated carbocycles. The van der Waals surface area contributed by atoms with Crippen molar-refractivity contribution in [2.24, 2.45) is 10.7 Å². The molecule has 0 bridgehead atoms. The van der Waals surface area contributed by atoms with Crippen LogP contribution in [0.5, 0.6) is 0 Å². The first-order chi connectivity index (χ1) is 23.3. The number of anilines is 2. The molecule has 1 unspecified atom stereocenters. The molecule has 2 aromatic rings. The van der Waals surface area contributed by atoms with Gasteiger partial charge in [-0.05, 0) is 78.1 Å². The molecule has 3 amide bonds. The second-order valence-electron chi connectivity index (χ2n) is 14.0. The Morgan fingerprint density at radius 1 is 0.920 bits per heavy atom. The van der Waals surface area contributed by atoms with Crippen molar-refractivity contribution in [1.82, 2.24) is 4.90 Å². The Balaban J connectivity index is 2.06. The van der Waals surface area contributed by atoms with Gasteiger partial charge in [0.05, 0.1) is 18.7 Å². The number of esters is 1. The lowest BCUT2D eigenvalue weighted by Crippen LogP contribution is -2.63. The Hall–Kier alpha value is -4.98. The molecule has 0 aliphatic carbocycles. The van der Waals surface area contributed by atoms with E-state index in [0.717, 1.165) is 4.90 Å². The highest BCUT2D eigenvalue weighted by Crippen LogP contribution is 2.37. The molecule has 3 rings (SSSR count). The molecule has 2 aromatic carbocycles. The quantitative estimate of drug-likeness (QED) is 0.150. The zero-order valence-electron chi connectivity index (χ0n) is 30.1. The third-order valence-corrected chi connectivity index (χ3v) is 7.92. The molecule has 0 aromatic heterocycles. The average Bonchev–Trinajstić information content (AvgIpc) is 3.02. The summed E-state index contributed by atoms with van der Waals surface area (Å²) >= 11 is 0. The van der Waals surface area contributed by atoms with E-state index in [1.807, 2.05) is 11.0 Å². The summed E-state index contributed by atoms with van der Waals surface area (Å²) in [6.07, 6.45) is -1.69. The van der Waals surface area contributed by atoms with E-state index in [1.165, 1.54) is 24.1 Å². The molecule has 0 radical (unpaired) electrons. The maximum absolute atomic E-state index is 13.8. The Labute approximate surface area is 293 Å². The lowest BCUT2D eigenvalue weighted by molar-refractivity contribution is -0.151. The van der Waals surface area contributed by atoms with Gasteiger partial charge in [0.1, 0.15) is 16.7 Å². The number of likely N-dealkylation sites (tertiary alicyclic amines) is 1. The molecule has 1 fully saturated rings. The number of amides is 3. The van der Waals surface area contributed by atoms with Crippen LogP contribution >= 0.6 is 0 Å². The van der Waals surface area contributed by atoms with Gasteiger partial charge in [-0.25, -0.2) is 19.3 Å². The summed E-state index contributed by atoms with van der Waals surface area (Å²) in [5.41, 5.74) is 3.94. The van der Waals surface area contributed by atoms with E-state index in [9.17, 15) is 29.1 Å². The van der Waals surface area contributed by atoms with Crippen molar-refractivity contribution < 1.29 is 43.3 Å². The molecule has 0 spiro atoms. The number of nitrogens with zero attached hydrogens (tertiary/aromatic N) is 4. The molecule has 1 aliphatic heterocycles. The van der Waals surface area contributed by atoms with Gasteiger partial charge in [-0.3, -0.25) is 14.5 Å². The number of methoxy groups -OCH3 is 1. The van der Waals surface area contributed by atoms with Gasteiger partial charge in [-0.2, -0.15) is 0 Å². The van der Waals surface area contributed by atoms with Gasteiger partial charge >= 0.3 is 24.1 Å². The number of hydrogen-bond acceptors (Lipinski definition) is 9. The molecule has 3 N–H and O–H groups in total. The van der Waals surface area contributed by atoms with Crippen LogP contribution in [0.2, 0.25) is 0 Å². The highest BCUT2D eigenvalue weighted by molar-refractivity contribution is 6.15. The van der Waals surface area contributed by atoms with E-state index < -0.39 is 58.7 Å². The van der Waals surface area contributed by atoms with Gasteiger partial charge < -0.3 is 30.0 Å². The number of carbonyl (C=O) groups is 5. The fourth-order valence-electron chi connectivity index (χ4n) is 5.71. The van der Waals surface area contributed by atoms with Crippen molar-refractivity contribution in [3.8, 4) is 0 Å². The number of aliphatic imine (C=N–C) groups is 1. The van der Waals surface area contributed by atoms with Gasteiger partial charge in [-0.1, -0.05) is 43.3 Å². The monoisotopic (exact) mass is 695 g/mol. The predicted molar refractivity (Wildman–Crippen MR) is 188 cm³/mol. The molecule has 1 heterocycles. The van der Waals surface area contributed by atoms with Crippen LogP contribution in [0.15, 0.2) is 59.6 Å². The Morgan fingerprint density at radius 3 is 2.02 bits per heavy atom. The van der Waals surface area contributed by atoms with Gasteiger partial charge in [0, 0.05) is 31.7 Å². The van der Waals surface area contributed by atoms with E-state index in [4.69, 9.17) is 19.9 Å². The van der Waals surface area contributed by atoms with Crippen LogP contribution < -0.4 is 15.5 Å². The van der Waals surface area contributed by atoms with Gasteiger partial charge in [0.15, 0.2) is 0 Å². The summed E-state index contributed by atoms with van der Waals surface area (Å²) in [5.74, 6) is -3.34. The predicted octanol–water partition coefficient (Wildman–Crippen LogP) is 5.30. The van der Waals surface area contributed by atoms with E-state index in [1.54, 1.807) is 84.9 Å². The van der Waals surface area contributed by atoms with Crippen LogP contribution in [0.25, 0.3) is 0 Å². The van der Waals surface area contributed by atoms with E-state index in [0.29, 0.717) is 18.7 Å². The molecular weight excluding hydrogens is 646 g/mol. The lowest BCUT2D eigenvalue weighted by Gasteiger charge is -2.47. The number of hydrogen-bond donors (Lipinski definition) is 2. The van der Waals surface area contributed by atoms with Crippen molar-refractivity contribution in [1.29, 1.82) is 0 Å². The van der Waals surface area contributed by atoms with Gasteiger partial charge in [0.2, 0.25) is 11.9 Å². The van der Waals surface area contributed by atoms with E-state index in [-0.39, 0.29) is 37.2 Å². The number of carbonyl (C=O) groups excluding carboxylic acids is 4. The fourth-order valence-corrected chi connectivity index (χ4v) is 5.71. The maximum Gasteiger partial charge on any atom is 0.437 e. The number of piperidine rings is 1. The zero-order chi connectivity index (χ0) is 37.4. The Morgan fingerprint density at radius 2 is 1.50 bits per heavy atom. The van der Waals surface area contributed by atoms with Crippen molar-refractivity contribution >= 4 is 47.4 Å². The molecular formula is C36H49N5O9. The molecule has 14 heteroatoms. The highest BCUT2D eigenvalue weighted by atomic mass is 16.6. The van der Waals surface area contributed by atoms with Crippen molar-refractivity contribution in [2.45, 2.75) is 90.4 Å². The second kappa shape index (κ2) is 16.2. The third kappa shape index (κ3) is 10.0. The summed E-state index contributed by atoms with van der Waals surface area (Å²) in [5, 5.41) is 10.0. The number of ether oxygens (including phenoxy) is 3. The number of guanidine groups is 1. The first kappa shape index (κ1) is 39.5. The van der Waals surface area contributed by atoms with Gasteiger partial charge in [-0.15, -0.1) is 4.99 Å². The minimum absolute atomic E-state index is 0.0276. The number of rotatable bonds is 9. The van der Waals surface area contributed by atoms with Crippen LogP contribution in [-0.4, -0.2) is 89.5 Å². The summed E-state index contributed by atoms with van der Waals surface area (Å²) in [6.45, 7) is 12.4. The number of carboxylic acids is 1. The van der Waals surface area contributed by atoms with Crippen LogP contribution in [0, 0.1) is 0 Å². The number of aliphatic carboxylic acids is 1. The lowest BCUT2D eigenvalue weighted by atomic mass is 9.84. The minimum Gasteiger partial charge on any atom is -0.481 e. The van der Waals surface area contributed by atoms with Crippen molar-refractivity contribution in [3.63, 3.8) is 0 Å². The first-order valence-corrected chi connectivity index (χ1v) is 16.4. The largest absolute Gasteiger partial charge is 0.481 e. The number of nitrogens with two attached hydrogens (primary N) is 1.